The van der Waals surface area contributed by atoms with E-state index in [1.807, 2.05) is 0 Å². The van der Waals surface area contributed by atoms with E-state index in [9.17, 15) is 22.8 Å². The molecular formula is C20H24F3N3O2. The number of urea groups is 1. The Labute approximate surface area is 161 Å². The summed E-state index contributed by atoms with van der Waals surface area (Å²) >= 11 is 0. The maximum absolute atomic E-state index is 13.2. The average Bonchev–Trinajstić information content (AvgIpc) is 3.45. The molecule has 2 saturated heterocycles. The molecule has 3 aliphatic rings. The maximum Gasteiger partial charge on any atom is 0.418 e. The number of alkyl halides is 3. The zero-order valence-corrected chi connectivity index (χ0v) is 15.5. The lowest BCUT2D eigenvalue weighted by molar-refractivity contribution is -0.137. The second kappa shape index (κ2) is 7.29. The predicted octanol–water partition coefficient (Wildman–Crippen LogP) is 4.15. The lowest BCUT2D eigenvalue weighted by atomic mass is 9.82. The molecule has 0 aromatic heterocycles. The number of piperidine rings is 2. The molecule has 2 aliphatic heterocycles. The summed E-state index contributed by atoms with van der Waals surface area (Å²) in [5.74, 6) is 0.236. The number of hydrogen-bond acceptors (Lipinski definition) is 2. The van der Waals surface area contributed by atoms with Crippen LogP contribution < -0.4 is 10.6 Å². The number of carbonyl (C=O) groups is 2. The minimum Gasteiger partial charge on any atom is -0.353 e. The van der Waals surface area contributed by atoms with Crippen LogP contribution in [0.5, 0.6) is 0 Å². The highest BCUT2D eigenvalue weighted by atomic mass is 19.4. The molecule has 28 heavy (non-hydrogen) atoms. The van der Waals surface area contributed by atoms with Gasteiger partial charge in [0.05, 0.1) is 11.3 Å². The Morgan fingerprint density at radius 1 is 1.00 bits per heavy atom. The van der Waals surface area contributed by atoms with Crippen LogP contribution in [0.25, 0.3) is 0 Å². The van der Waals surface area contributed by atoms with Crippen molar-refractivity contribution < 1.29 is 22.8 Å². The minimum atomic E-state index is -4.53. The third-order valence-corrected chi connectivity index (χ3v) is 5.98. The van der Waals surface area contributed by atoms with Crippen molar-refractivity contribution in [1.82, 2.24) is 10.2 Å². The first kappa shape index (κ1) is 19.1. The molecule has 3 fully saturated rings. The van der Waals surface area contributed by atoms with Gasteiger partial charge in [0.15, 0.2) is 0 Å². The number of nitrogens with one attached hydrogen (secondary N) is 2. The first-order chi connectivity index (χ1) is 13.3. The van der Waals surface area contributed by atoms with Crippen LogP contribution >= 0.6 is 0 Å². The van der Waals surface area contributed by atoms with Gasteiger partial charge in [-0.25, -0.2) is 4.79 Å². The SMILES string of the molecule is O=C(NC1C[C@H]2CCC[C@@H](C1)N2C(=O)Nc1ccccc1C(F)(F)F)C1CC1. The molecule has 1 aromatic carbocycles. The number of hydrogen-bond donors (Lipinski definition) is 2. The fourth-order valence-corrected chi connectivity index (χ4v) is 4.51. The van der Waals surface area contributed by atoms with Gasteiger partial charge in [-0.1, -0.05) is 12.1 Å². The molecule has 2 bridgehead atoms. The zero-order valence-electron chi connectivity index (χ0n) is 15.5. The second-order valence-corrected chi connectivity index (χ2v) is 8.07. The van der Waals surface area contributed by atoms with Crippen molar-refractivity contribution in [3.63, 3.8) is 0 Å². The Morgan fingerprint density at radius 3 is 2.25 bits per heavy atom. The van der Waals surface area contributed by atoms with Gasteiger partial charge < -0.3 is 15.5 Å². The minimum absolute atomic E-state index is 0.0370. The van der Waals surface area contributed by atoms with Crippen LogP contribution in [0.2, 0.25) is 0 Å². The summed E-state index contributed by atoms with van der Waals surface area (Å²) in [4.78, 5) is 26.6. The zero-order chi connectivity index (χ0) is 19.9. The van der Waals surface area contributed by atoms with Crippen LogP contribution in [-0.2, 0) is 11.0 Å². The van der Waals surface area contributed by atoms with E-state index in [2.05, 4.69) is 10.6 Å². The lowest BCUT2D eigenvalue weighted by Gasteiger charge is -2.48. The van der Waals surface area contributed by atoms with Gasteiger partial charge in [0.1, 0.15) is 0 Å². The Morgan fingerprint density at radius 2 is 1.64 bits per heavy atom. The summed E-state index contributed by atoms with van der Waals surface area (Å²) in [6.45, 7) is 0. The van der Waals surface area contributed by atoms with Crippen LogP contribution in [0.4, 0.5) is 23.7 Å². The molecular weight excluding hydrogens is 371 g/mol. The monoisotopic (exact) mass is 395 g/mol. The van der Waals surface area contributed by atoms with Gasteiger partial charge in [0.2, 0.25) is 5.91 Å². The molecule has 1 saturated carbocycles. The van der Waals surface area contributed by atoms with E-state index in [1.54, 1.807) is 4.90 Å². The molecule has 0 radical (unpaired) electrons. The number of halogens is 3. The highest BCUT2D eigenvalue weighted by molar-refractivity contribution is 5.91. The normalized spacial score (nSPS) is 27.2. The van der Waals surface area contributed by atoms with Crippen molar-refractivity contribution in [3.05, 3.63) is 29.8 Å². The Bertz CT molecular complexity index is 749. The molecule has 4 rings (SSSR count). The highest BCUT2D eigenvalue weighted by Crippen LogP contribution is 2.38. The molecule has 0 spiro atoms. The van der Waals surface area contributed by atoms with E-state index in [4.69, 9.17) is 0 Å². The van der Waals surface area contributed by atoms with Gasteiger partial charge in [0, 0.05) is 24.0 Å². The van der Waals surface area contributed by atoms with Gasteiger partial charge in [0.25, 0.3) is 0 Å². The second-order valence-electron chi connectivity index (χ2n) is 8.07. The number of amides is 3. The average molecular weight is 395 g/mol. The fraction of sp³-hybridized carbons (Fsp3) is 0.600. The van der Waals surface area contributed by atoms with Crippen LogP contribution in [-0.4, -0.2) is 35.0 Å². The Kier molecular flexibility index (Phi) is 4.97. The van der Waals surface area contributed by atoms with Gasteiger partial charge in [-0.05, 0) is 57.1 Å². The maximum atomic E-state index is 13.2. The van der Waals surface area contributed by atoms with Gasteiger partial charge in [-0.15, -0.1) is 0 Å². The summed E-state index contributed by atoms with van der Waals surface area (Å²) < 4.78 is 39.6. The predicted molar refractivity (Wildman–Crippen MR) is 97.6 cm³/mol. The topological polar surface area (TPSA) is 61.4 Å². The Balaban J connectivity index is 1.46. The van der Waals surface area contributed by atoms with Gasteiger partial charge >= 0.3 is 12.2 Å². The Hall–Kier alpha value is -2.25. The summed E-state index contributed by atoms with van der Waals surface area (Å²) in [5, 5.41) is 5.58. The van der Waals surface area contributed by atoms with E-state index in [1.165, 1.54) is 18.2 Å². The number of benzene rings is 1. The number of fused-ring (bicyclic) bond motifs is 2. The summed E-state index contributed by atoms with van der Waals surface area (Å²) in [6.07, 6.45) is 1.27. The van der Waals surface area contributed by atoms with Crippen molar-refractivity contribution >= 4 is 17.6 Å². The smallest absolute Gasteiger partial charge is 0.353 e. The standard InChI is InChI=1S/C20H24F3N3O2/c21-20(22,23)16-6-1-2-7-17(16)25-19(28)26-14-4-3-5-15(26)11-13(10-14)24-18(27)12-8-9-12/h1-2,6-7,12-15H,3-5,8-11H2,(H,24,27)(H,25,28)/t13?,14-,15+. The van der Waals surface area contributed by atoms with E-state index < -0.39 is 17.8 Å². The summed E-state index contributed by atoms with van der Waals surface area (Å²) in [7, 11) is 0. The van der Waals surface area contributed by atoms with Crippen molar-refractivity contribution in [2.75, 3.05) is 5.32 Å². The number of anilines is 1. The van der Waals surface area contributed by atoms with Crippen LogP contribution in [0.15, 0.2) is 24.3 Å². The largest absolute Gasteiger partial charge is 0.418 e. The number of rotatable bonds is 3. The van der Waals surface area contributed by atoms with Crippen LogP contribution in [0, 0.1) is 5.92 Å². The van der Waals surface area contributed by atoms with Crippen molar-refractivity contribution in [2.24, 2.45) is 5.92 Å². The first-order valence-electron chi connectivity index (χ1n) is 9.89. The molecule has 1 aliphatic carbocycles. The summed E-state index contributed by atoms with van der Waals surface area (Å²) in [6, 6.07) is 4.46. The van der Waals surface area contributed by atoms with Crippen molar-refractivity contribution in [3.8, 4) is 0 Å². The highest BCUT2D eigenvalue weighted by Gasteiger charge is 2.43. The first-order valence-corrected chi connectivity index (χ1v) is 9.89. The number of carbonyl (C=O) groups excluding carboxylic acids is 2. The molecule has 152 valence electrons. The quantitative estimate of drug-likeness (QED) is 0.808. The lowest BCUT2D eigenvalue weighted by Crippen LogP contribution is -2.59. The van der Waals surface area contributed by atoms with Crippen molar-refractivity contribution in [1.29, 1.82) is 0 Å². The van der Waals surface area contributed by atoms with Gasteiger partial charge in [-0.2, -0.15) is 13.2 Å². The molecule has 8 heteroatoms. The van der Waals surface area contributed by atoms with E-state index in [0.29, 0.717) is 12.8 Å². The third kappa shape index (κ3) is 3.95. The van der Waals surface area contributed by atoms with Crippen molar-refractivity contribution in [2.45, 2.75) is 69.2 Å². The summed E-state index contributed by atoms with van der Waals surface area (Å²) in [5.41, 5.74) is -1.07. The number of nitrogens with zero attached hydrogens (tertiary/aromatic N) is 1. The van der Waals surface area contributed by atoms with E-state index >= 15 is 0 Å². The van der Waals surface area contributed by atoms with E-state index in [0.717, 1.165) is 38.2 Å². The molecule has 1 unspecified atom stereocenters. The molecule has 2 heterocycles. The van der Waals surface area contributed by atoms with Crippen LogP contribution in [0.3, 0.4) is 0 Å². The number of para-hydroxylation sites is 1. The van der Waals surface area contributed by atoms with E-state index in [-0.39, 0.29) is 35.6 Å². The molecule has 3 atom stereocenters. The molecule has 5 nitrogen and oxygen atoms in total. The van der Waals surface area contributed by atoms with Crippen LogP contribution in [0.1, 0.15) is 50.5 Å². The molecule has 3 amide bonds. The van der Waals surface area contributed by atoms with Gasteiger partial charge in [-0.3, -0.25) is 4.79 Å². The third-order valence-electron chi connectivity index (χ3n) is 5.98. The molecule has 1 aromatic rings. The molecule has 2 N–H and O–H groups in total. The fourth-order valence-electron chi connectivity index (χ4n) is 4.51.